The van der Waals surface area contributed by atoms with Gasteiger partial charge in [0.05, 0.1) is 12.3 Å². The molecule has 0 radical (unpaired) electrons. The molecular weight excluding hydrogens is 212 g/mol. The van der Waals surface area contributed by atoms with Gasteiger partial charge in [0.1, 0.15) is 5.76 Å². The van der Waals surface area contributed by atoms with Crippen LogP contribution in [0.2, 0.25) is 0 Å². The van der Waals surface area contributed by atoms with E-state index in [1.165, 1.54) is 25.7 Å². The Labute approximate surface area is 104 Å². The van der Waals surface area contributed by atoms with Crippen LogP contribution in [0.1, 0.15) is 51.3 Å². The van der Waals surface area contributed by atoms with Crippen molar-refractivity contribution in [3.05, 3.63) is 24.2 Å². The van der Waals surface area contributed by atoms with Crippen LogP contribution in [0.25, 0.3) is 0 Å². The Morgan fingerprint density at radius 3 is 2.35 bits per heavy atom. The van der Waals surface area contributed by atoms with Crippen LogP contribution in [0.4, 0.5) is 0 Å². The SMILES string of the molecule is CC(C)C1CCC(C(NN)c2ccco2)CC1. The van der Waals surface area contributed by atoms with Crippen LogP contribution in [0.5, 0.6) is 0 Å². The lowest BCUT2D eigenvalue weighted by atomic mass is 9.74. The van der Waals surface area contributed by atoms with E-state index in [0.717, 1.165) is 17.6 Å². The highest BCUT2D eigenvalue weighted by Gasteiger charge is 2.30. The zero-order valence-electron chi connectivity index (χ0n) is 10.9. The van der Waals surface area contributed by atoms with Crippen LogP contribution in [0, 0.1) is 17.8 Å². The summed E-state index contributed by atoms with van der Waals surface area (Å²) in [7, 11) is 0. The summed E-state index contributed by atoms with van der Waals surface area (Å²) in [6.07, 6.45) is 6.86. The van der Waals surface area contributed by atoms with Crippen LogP contribution in [0.3, 0.4) is 0 Å². The lowest BCUT2D eigenvalue weighted by molar-refractivity contribution is 0.178. The molecule has 1 unspecified atom stereocenters. The van der Waals surface area contributed by atoms with E-state index in [1.54, 1.807) is 6.26 Å². The van der Waals surface area contributed by atoms with Crippen molar-refractivity contribution in [2.75, 3.05) is 0 Å². The minimum Gasteiger partial charge on any atom is -0.468 e. The standard InChI is InChI=1S/C14H24N2O/c1-10(2)11-5-7-12(8-6-11)14(16-15)13-4-3-9-17-13/h3-4,9-12,14,16H,5-8,15H2,1-2H3. The maximum absolute atomic E-state index is 5.68. The molecule has 1 fully saturated rings. The average Bonchev–Trinajstić information content (AvgIpc) is 2.84. The topological polar surface area (TPSA) is 51.2 Å². The molecule has 3 heteroatoms. The third-order valence-corrected chi connectivity index (χ3v) is 4.26. The second-order valence-corrected chi connectivity index (χ2v) is 5.58. The highest BCUT2D eigenvalue weighted by molar-refractivity contribution is 5.06. The summed E-state index contributed by atoms with van der Waals surface area (Å²) in [5, 5.41) is 0. The number of hydrazine groups is 1. The molecule has 1 aromatic rings. The molecule has 3 nitrogen and oxygen atoms in total. The zero-order valence-corrected chi connectivity index (χ0v) is 10.9. The molecule has 1 aliphatic rings. The minimum absolute atomic E-state index is 0.179. The molecule has 1 atom stereocenters. The molecule has 1 aliphatic carbocycles. The number of hydrogen-bond donors (Lipinski definition) is 2. The Bertz CT molecular complexity index is 313. The van der Waals surface area contributed by atoms with E-state index in [4.69, 9.17) is 10.3 Å². The molecule has 2 rings (SSSR count). The molecule has 0 bridgehead atoms. The van der Waals surface area contributed by atoms with E-state index in [-0.39, 0.29) is 6.04 Å². The maximum Gasteiger partial charge on any atom is 0.122 e. The Balaban J connectivity index is 1.95. The van der Waals surface area contributed by atoms with Gasteiger partial charge in [-0.3, -0.25) is 5.84 Å². The smallest absolute Gasteiger partial charge is 0.122 e. The van der Waals surface area contributed by atoms with E-state index >= 15 is 0 Å². The highest BCUT2D eigenvalue weighted by atomic mass is 16.3. The molecule has 0 saturated heterocycles. The zero-order chi connectivity index (χ0) is 12.3. The van der Waals surface area contributed by atoms with Crippen LogP contribution in [0.15, 0.2) is 22.8 Å². The normalized spacial score (nSPS) is 27.3. The maximum atomic E-state index is 5.68. The quantitative estimate of drug-likeness (QED) is 0.623. The third-order valence-electron chi connectivity index (χ3n) is 4.26. The Hall–Kier alpha value is -0.800. The molecule has 1 saturated carbocycles. The van der Waals surface area contributed by atoms with Crippen molar-refractivity contribution >= 4 is 0 Å². The molecule has 0 aromatic carbocycles. The summed E-state index contributed by atoms with van der Waals surface area (Å²) < 4.78 is 5.47. The van der Waals surface area contributed by atoms with Gasteiger partial charge in [0.2, 0.25) is 0 Å². The molecule has 3 N–H and O–H groups in total. The van der Waals surface area contributed by atoms with E-state index in [0.29, 0.717) is 5.92 Å². The minimum atomic E-state index is 0.179. The molecule has 17 heavy (non-hydrogen) atoms. The summed E-state index contributed by atoms with van der Waals surface area (Å²) >= 11 is 0. The van der Waals surface area contributed by atoms with Gasteiger partial charge in [-0.15, -0.1) is 0 Å². The summed E-state index contributed by atoms with van der Waals surface area (Å²) in [6, 6.07) is 4.12. The van der Waals surface area contributed by atoms with Gasteiger partial charge >= 0.3 is 0 Å². The van der Waals surface area contributed by atoms with Gasteiger partial charge in [-0.05, 0) is 55.6 Å². The highest BCUT2D eigenvalue weighted by Crippen LogP contribution is 2.39. The summed E-state index contributed by atoms with van der Waals surface area (Å²) in [4.78, 5) is 0. The summed E-state index contributed by atoms with van der Waals surface area (Å²) in [6.45, 7) is 4.66. The Kier molecular flexibility index (Phi) is 4.24. The van der Waals surface area contributed by atoms with Gasteiger partial charge < -0.3 is 4.42 Å². The number of nitrogens with one attached hydrogen (secondary N) is 1. The average molecular weight is 236 g/mol. The van der Waals surface area contributed by atoms with Gasteiger partial charge in [0.25, 0.3) is 0 Å². The monoisotopic (exact) mass is 236 g/mol. The summed E-state index contributed by atoms with van der Waals surface area (Å²) in [5.41, 5.74) is 2.92. The van der Waals surface area contributed by atoms with Gasteiger partial charge in [-0.25, -0.2) is 5.43 Å². The first-order chi connectivity index (χ1) is 8.22. The van der Waals surface area contributed by atoms with Gasteiger partial charge in [0, 0.05) is 0 Å². The largest absolute Gasteiger partial charge is 0.468 e. The molecule has 1 heterocycles. The Morgan fingerprint density at radius 1 is 1.24 bits per heavy atom. The van der Waals surface area contributed by atoms with Crippen molar-refractivity contribution in [1.82, 2.24) is 5.43 Å². The van der Waals surface area contributed by atoms with Gasteiger partial charge in [-0.1, -0.05) is 13.8 Å². The lowest BCUT2D eigenvalue weighted by Gasteiger charge is -2.34. The molecule has 0 aliphatic heterocycles. The fraction of sp³-hybridized carbons (Fsp3) is 0.714. The van der Waals surface area contributed by atoms with E-state index in [1.807, 2.05) is 12.1 Å². The fourth-order valence-electron chi connectivity index (χ4n) is 3.06. The molecule has 0 amide bonds. The predicted octanol–water partition coefficient (Wildman–Crippen LogP) is 3.25. The van der Waals surface area contributed by atoms with Crippen LogP contribution in [-0.2, 0) is 0 Å². The van der Waals surface area contributed by atoms with Gasteiger partial charge in [-0.2, -0.15) is 0 Å². The van der Waals surface area contributed by atoms with Crippen molar-refractivity contribution in [1.29, 1.82) is 0 Å². The number of rotatable bonds is 4. The van der Waals surface area contributed by atoms with E-state index in [9.17, 15) is 0 Å². The lowest BCUT2D eigenvalue weighted by Crippen LogP contribution is -2.35. The van der Waals surface area contributed by atoms with Crippen LogP contribution in [-0.4, -0.2) is 0 Å². The summed E-state index contributed by atoms with van der Waals surface area (Å²) in [5.74, 6) is 8.96. The van der Waals surface area contributed by atoms with E-state index in [2.05, 4.69) is 19.3 Å². The van der Waals surface area contributed by atoms with Crippen molar-refractivity contribution in [2.24, 2.45) is 23.6 Å². The Morgan fingerprint density at radius 2 is 1.88 bits per heavy atom. The molecule has 96 valence electrons. The van der Waals surface area contributed by atoms with Crippen molar-refractivity contribution in [2.45, 2.75) is 45.6 Å². The molecule has 1 aromatic heterocycles. The van der Waals surface area contributed by atoms with Crippen LogP contribution < -0.4 is 11.3 Å². The first-order valence-electron chi connectivity index (χ1n) is 6.72. The first kappa shape index (κ1) is 12.7. The second kappa shape index (κ2) is 5.69. The number of furan rings is 1. The van der Waals surface area contributed by atoms with Crippen molar-refractivity contribution in [3.8, 4) is 0 Å². The molecule has 0 spiro atoms. The van der Waals surface area contributed by atoms with Gasteiger partial charge in [0.15, 0.2) is 0 Å². The second-order valence-electron chi connectivity index (χ2n) is 5.58. The van der Waals surface area contributed by atoms with Crippen molar-refractivity contribution in [3.63, 3.8) is 0 Å². The molecular formula is C14H24N2O. The predicted molar refractivity (Wildman–Crippen MR) is 69.1 cm³/mol. The van der Waals surface area contributed by atoms with Crippen molar-refractivity contribution < 1.29 is 4.42 Å². The number of hydrogen-bond acceptors (Lipinski definition) is 3. The first-order valence-corrected chi connectivity index (χ1v) is 6.72. The fourth-order valence-corrected chi connectivity index (χ4v) is 3.06. The third kappa shape index (κ3) is 2.90. The van der Waals surface area contributed by atoms with E-state index < -0.39 is 0 Å². The number of nitrogens with two attached hydrogens (primary N) is 1. The van der Waals surface area contributed by atoms with Crippen LogP contribution >= 0.6 is 0 Å².